The summed E-state index contributed by atoms with van der Waals surface area (Å²) in [5, 5.41) is 11.3. The Morgan fingerprint density at radius 3 is 2.50 bits per heavy atom. The Morgan fingerprint density at radius 2 is 1.94 bits per heavy atom. The minimum atomic E-state index is -3.04. The van der Waals surface area contributed by atoms with E-state index in [1.54, 1.807) is 0 Å². The van der Waals surface area contributed by atoms with E-state index in [1.807, 2.05) is 0 Å². The summed E-state index contributed by atoms with van der Waals surface area (Å²) in [6.07, 6.45) is 1.21. The second-order valence-electron chi connectivity index (χ2n) is 4.84. The van der Waals surface area contributed by atoms with Crippen molar-refractivity contribution in [1.82, 2.24) is 10.2 Å². The van der Waals surface area contributed by atoms with Crippen LogP contribution in [-0.2, 0) is 14.6 Å². The molecule has 18 heavy (non-hydrogen) atoms. The van der Waals surface area contributed by atoms with Crippen molar-refractivity contribution >= 4 is 21.8 Å². The lowest BCUT2D eigenvalue weighted by Crippen LogP contribution is -2.58. The van der Waals surface area contributed by atoms with E-state index in [2.05, 4.69) is 5.32 Å². The van der Waals surface area contributed by atoms with Crippen molar-refractivity contribution in [2.45, 2.75) is 18.9 Å². The molecule has 102 valence electrons. The molecule has 0 aromatic rings. The van der Waals surface area contributed by atoms with Gasteiger partial charge >= 0.3 is 12.0 Å². The van der Waals surface area contributed by atoms with Crippen LogP contribution >= 0.6 is 0 Å². The zero-order valence-electron chi connectivity index (χ0n) is 9.83. The summed E-state index contributed by atoms with van der Waals surface area (Å²) < 4.78 is 22.8. The molecule has 0 bridgehead atoms. The van der Waals surface area contributed by atoms with Crippen LogP contribution in [0.4, 0.5) is 4.79 Å². The van der Waals surface area contributed by atoms with E-state index in [9.17, 15) is 18.0 Å². The number of urea groups is 1. The van der Waals surface area contributed by atoms with E-state index in [0.717, 1.165) is 0 Å². The van der Waals surface area contributed by atoms with Crippen LogP contribution in [0.5, 0.6) is 0 Å². The largest absolute Gasteiger partial charge is 0.481 e. The number of likely N-dealkylation sites (tertiary alicyclic amines) is 1. The van der Waals surface area contributed by atoms with Crippen molar-refractivity contribution in [1.29, 1.82) is 0 Å². The second kappa shape index (κ2) is 4.75. The Hall–Kier alpha value is -1.31. The normalized spacial score (nSPS) is 27.3. The van der Waals surface area contributed by atoms with Gasteiger partial charge in [0.05, 0.1) is 17.4 Å². The van der Waals surface area contributed by atoms with Gasteiger partial charge in [0, 0.05) is 19.1 Å². The Morgan fingerprint density at radius 1 is 1.28 bits per heavy atom. The summed E-state index contributed by atoms with van der Waals surface area (Å²) in [6.45, 7) is 0.390. The van der Waals surface area contributed by atoms with Crippen LogP contribution in [0, 0.1) is 5.92 Å². The van der Waals surface area contributed by atoms with Gasteiger partial charge in [-0.25, -0.2) is 13.2 Å². The lowest BCUT2D eigenvalue weighted by molar-refractivity contribution is -0.146. The highest BCUT2D eigenvalue weighted by atomic mass is 32.2. The fourth-order valence-corrected chi connectivity index (χ4v) is 3.84. The van der Waals surface area contributed by atoms with Gasteiger partial charge in [0.15, 0.2) is 9.84 Å². The number of rotatable bonds is 2. The monoisotopic (exact) mass is 276 g/mol. The van der Waals surface area contributed by atoms with Crippen molar-refractivity contribution in [2.24, 2.45) is 5.92 Å². The van der Waals surface area contributed by atoms with E-state index in [0.29, 0.717) is 12.8 Å². The lowest BCUT2D eigenvalue weighted by atomic mass is 10.0. The van der Waals surface area contributed by atoms with Gasteiger partial charge in [-0.3, -0.25) is 4.79 Å². The summed E-state index contributed by atoms with van der Waals surface area (Å²) in [5.41, 5.74) is 0. The molecule has 2 amide bonds. The molecule has 0 aromatic heterocycles. The van der Waals surface area contributed by atoms with Gasteiger partial charge in [-0.2, -0.15) is 0 Å². The second-order valence-corrected chi connectivity index (χ2v) is 7.07. The smallest absolute Gasteiger partial charge is 0.317 e. The molecule has 2 aliphatic heterocycles. The van der Waals surface area contributed by atoms with Crippen LogP contribution in [0.25, 0.3) is 0 Å². The molecule has 2 fully saturated rings. The maximum absolute atomic E-state index is 11.7. The van der Waals surface area contributed by atoms with Gasteiger partial charge in [-0.15, -0.1) is 0 Å². The van der Waals surface area contributed by atoms with Crippen LogP contribution in [0.3, 0.4) is 0 Å². The van der Waals surface area contributed by atoms with Gasteiger partial charge in [-0.05, 0) is 12.8 Å². The molecule has 2 heterocycles. The Bertz CT molecular complexity index is 455. The number of sulfone groups is 1. The molecule has 0 spiro atoms. The summed E-state index contributed by atoms with van der Waals surface area (Å²) in [4.78, 5) is 23.7. The highest BCUT2D eigenvalue weighted by molar-refractivity contribution is 7.91. The van der Waals surface area contributed by atoms with E-state index in [1.165, 1.54) is 4.90 Å². The molecule has 0 aromatic carbocycles. The summed E-state index contributed by atoms with van der Waals surface area (Å²) in [7, 11) is -3.04. The minimum Gasteiger partial charge on any atom is -0.481 e. The number of aliphatic carboxylic acids is 1. The van der Waals surface area contributed by atoms with E-state index < -0.39 is 21.7 Å². The first-order valence-corrected chi connectivity index (χ1v) is 7.68. The molecule has 0 aliphatic carbocycles. The SMILES string of the molecule is O=C(O)C1CN(C(=O)NC2CCCS(=O)(=O)C2)C1. The summed E-state index contributed by atoms with van der Waals surface area (Å²) >= 11 is 0. The number of carboxylic acids is 1. The number of hydrogen-bond donors (Lipinski definition) is 2. The average molecular weight is 276 g/mol. The number of carbonyl (C=O) groups is 2. The standard InChI is InChI=1S/C10H16N2O5S/c13-9(14)7-4-12(5-7)10(15)11-8-2-1-3-18(16,17)6-8/h7-8H,1-6H2,(H,11,15)(H,13,14). The lowest BCUT2D eigenvalue weighted by Gasteiger charge is -2.37. The minimum absolute atomic E-state index is 0.0189. The van der Waals surface area contributed by atoms with Gasteiger partial charge in [-0.1, -0.05) is 0 Å². The molecular formula is C10H16N2O5S. The maximum Gasteiger partial charge on any atom is 0.317 e. The van der Waals surface area contributed by atoms with Crippen molar-refractivity contribution < 1.29 is 23.1 Å². The van der Waals surface area contributed by atoms with E-state index in [4.69, 9.17) is 5.11 Å². The third-order valence-electron chi connectivity index (χ3n) is 3.31. The van der Waals surface area contributed by atoms with Gasteiger partial charge in [0.25, 0.3) is 0 Å². The number of hydrogen-bond acceptors (Lipinski definition) is 4. The Balaban J connectivity index is 1.80. The molecule has 2 N–H and O–H groups in total. The Labute approximate surface area is 105 Å². The van der Waals surface area contributed by atoms with Crippen LogP contribution in [-0.4, -0.2) is 61.1 Å². The predicted molar refractivity (Wildman–Crippen MR) is 62.9 cm³/mol. The average Bonchev–Trinajstić information content (AvgIpc) is 2.11. The molecule has 2 rings (SSSR count). The van der Waals surface area contributed by atoms with Crippen LogP contribution in [0.15, 0.2) is 0 Å². The molecule has 2 saturated heterocycles. The zero-order valence-corrected chi connectivity index (χ0v) is 10.6. The molecule has 8 heteroatoms. The molecular weight excluding hydrogens is 260 g/mol. The van der Waals surface area contributed by atoms with Crippen molar-refractivity contribution in [3.05, 3.63) is 0 Å². The highest BCUT2D eigenvalue weighted by Crippen LogP contribution is 2.17. The zero-order chi connectivity index (χ0) is 13.3. The fourth-order valence-electron chi connectivity index (χ4n) is 2.20. The number of nitrogens with zero attached hydrogens (tertiary/aromatic N) is 1. The first-order chi connectivity index (χ1) is 8.37. The molecule has 2 aliphatic rings. The summed E-state index contributed by atoms with van der Waals surface area (Å²) in [5.74, 6) is -1.23. The quantitative estimate of drug-likeness (QED) is 0.693. The third-order valence-corrected chi connectivity index (χ3v) is 5.13. The summed E-state index contributed by atoms with van der Waals surface area (Å²) in [6, 6.07) is -0.713. The van der Waals surface area contributed by atoms with Crippen LogP contribution < -0.4 is 5.32 Å². The van der Waals surface area contributed by atoms with Crippen LogP contribution in [0.1, 0.15) is 12.8 Å². The van der Waals surface area contributed by atoms with Crippen molar-refractivity contribution in [3.8, 4) is 0 Å². The fraction of sp³-hybridized carbons (Fsp3) is 0.800. The number of carbonyl (C=O) groups excluding carboxylic acids is 1. The first kappa shape index (κ1) is 13.1. The Kier molecular flexibility index (Phi) is 3.47. The molecule has 1 atom stereocenters. The molecule has 0 saturated carbocycles. The third kappa shape index (κ3) is 2.92. The van der Waals surface area contributed by atoms with Crippen molar-refractivity contribution in [3.63, 3.8) is 0 Å². The first-order valence-electron chi connectivity index (χ1n) is 5.86. The molecule has 7 nitrogen and oxygen atoms in total. The van der Waals surface area contributed by atoms with E-state index >= 15 is 0 Å². The highest BCUT2D eigenvalue weighted by Gasteiger charge is 2.37. The molecule has 0 radical (unpaired) electrons. The molecule has 1 unspecified atom stereocenters. The number of nitrogens with one attached hydrogen (secondary N) is 1. The van der Waals surface area contributed by atoms with Gasteiger partial charge < -0.3 is 15.3 Å². The maximum atomic E-state index is 11.7. The van der Waals surface area contributed by atoms with Crippen molar-refractivity contribution in [2.75, 3.05) is 24.6 Å². The number of amides is 2. The topological polar surface area (TPSA) is 104 Å². The van der Waals surface area contributed by atoms with E-state index in [-0.39, 0.29) is 36.7 Å². The van der Waals surface area contributed by atoms with Gasteiger partial charge in [0.2, 0.25) is 0 Å². The van der Waals surface area contributed by atoms with Gasteiger partial charge in [0.1, 0.15) is 0 Å². The number of carboxylic acid groups (broad SMARTS) is 1. The van der Waals surface area contributed by atoms with Crippen LogP contribution in [0.2, 0.25) is 0 Å². The predicted octanol–water partition coefficient (Wildman–Crippen LogP) is -0.710.